The molecule has 1 saturated heterocycles. The van der Waals surface area contributed by atoms with E-state index >= 15 is 0 Å². The highest BCUT2D eigenvalue weighted by Gasteiger charge is 2.22. The Balaban J connectivity index is 1.55. The molecule has 0 aliphatic carbocycles. The number of nitrogens with zero attached hydrogens (tertiary/aromatic N) is 3. The number of hydrogen-bond acceptors (Lipinski definition) is 4. The van der Waals surface area contributed by atoms with E-state index in [-0.39, 0.29) is 5.91 Å². The van der Waals surface area contributed by atoms with E-state index in [0.29, 0.717) is 5.56 Å². The molecule has 0 aromatic carbocycles. The van der Waals surface area contributed by atoms with Crippen molar-refractivity contribution in [3.05, 3.63) is 52.7 Å². The van der Waals surface area contributed by atoms with Crippen molar-refractivity contribution in [3.63, 3.8) is 0 Å². The van der Waals surface area contributed by atoms with Gasteiger partial charge in [0.1, 0.15) is 10.4 Å². The Morgan fingerprint density at radius 2 is 2.05 bits per heavy atom. The predicted molar refractivity (Wildman–Crippen MR) is 81.8 cm³/mol. The zero-order chi connectivity index (χ0) is 14.7. The molecule has 0 N–H and O–H groups in total. The lowest BCUT2D eigenvalue weighted by Crippen LogP contribution is -2.48. The SMILES string of the molecule is O=C(c1ccc(Br)nc1)N1CCN(Cc2ccco2)CC1. The highest BCUT2D eigenvalue weighted by atomic mass is 79.9. The van der Waals surface area contributed by atoms with Crippen LogP contribution < -0.4 is 0 Å². The molecule has 1 aliphatic heterocycles. The van der Waals surface area contributed by atoms with Crippen molar-refractivity contribution in [1.82, 2.24) is 14.8 Å². The molecule has 5 nitrogen and oxygen atoms in total. The molecule has 1 fully saturated rings. The second-order valence-corrected chi connectivity index (χ2v) is 5.83. The lowest BCUT2D eigenvalue weighted by molar-refractivity contribution is 0.0620. The van der Waals surface area contributed by atoms with Gasteiger partial charge in [-0.25, -0.2) is 4.98 Å². The van der Waals surface area contributed by atoms with Crippen LogP contribution in [0.5, 0.6) is 0 Å². The van der Waals surface area contributed by atoms with Crippen molar-refractivity contribution in [2.75, 3.05) is 26.2 Å². The zero-order valence-electron chi connectivity index (χ0n) is 11.5. The van der Waals surface area contributed by atoms with Crippen LogP contribution in [0, 0.1) is 0 Å². The van der Waals surface area contributed by atoms with Crippen molar-refractivity contribution in [1.29, 1.82) is 0 Å². The summed E-state index contributed by atoms with van der Waals surface area (Å²) in [6.07, 6.45) is 3.30. The lowest BCUT2D eigenvalue weighted by atomic mass is 10.2. The van der Waals surface area contributed by atoms with Gasteiger partial charge in [0.2, 0.25) is 0 Å². The first-order valence-corrected chi connectivity index (χ1v) is 7.67. The molecule has 3 rings (SSSR count). The summed E-state index contributed by atoms with van der Waals surface area (Å²) in [6.45, 7) is 3.98. The Labute approximate surface area is 131 Å². The molecule has 6 heteroatoms. The van der Waals surface area contributed by atoms with Gasteiger partial charge in [-0.1, -0.05) is 0 Å². The Morgan fingerprint density at radius 1 is 1.24 bits per heavy atom. The Kier molecular flexibility index (Phi) is 4.36. The van der Waals surface area contributed by atoms with Crippen LogP contribution in [0.25, 0.3) is 0 Å². The monoisotopic (exact) mass is 349 g/mol. The molecule has 21 heavy (non-hydrogen) atoms. The number of halogens is 1. The van der Waals surface area contributed by atoms with Gasteiger partial charge in [-0.2, -0.15) is 0 Å². The standard InChI is InChI=1S/C15H16BrN3O2/c16-14-4-3-12(10-17-14)15(20)19-7-5-18(6-8-19)11-13-2-1-9-21-13/h1-4,9-10H,5-8,11H2. The summed E-state index contributed by atoms with van der Waals surface area (Å²) in [5.74, 6) is 1.01. The molecular formula is C15H16BrN3O2. The number of furan rings is 1. The van der Waals surface area contributed by atoms with Gasteiger partial charge in [-0.15, -0.1) is 0 Å². The predicted octanol–water partition coefficient (Wildman–Crippen LogP) is 2.40. The summed E-state index contributed by atoms with van der Waals surface area (Å²) in [4.78, 5) is 20.6. The number of hydrogen-bond donors (Lipinski definition) is 0. The van der Waals surface area contributed by atoms with Crippen LogP contribution in [0.2, 0.25) is 0 Å². The highest BCUT2D eigenvalue weighted by molar-refractivity contribution is 9.10. The van der Waals surface area contributed by atoms with E-state index in [9.17, 15) is 4.79 Å². The molecule has 0 atom stereocenters. The second kappa shape index (κ2) is 6.41. The van der Waals surface area contributed by atoms with E-state index in [1.807, 2.05) is 17.0 Å². The third-order valence-corrected chi connectivity index (χ3v) is 4.06. The molecule has 0 unspecified atom stereocenters. The van der Waals surface area contributed by atoms with E-state index in [2.05, 4.69) is 25.8 Å². The van der Waals surface area contributed by atoms with Crippen molar-refractivity contribution in [2.45, 2.75) is 6.54 Å². The van der Waals surface area contributed by atoms with Gasteiger partial charge >= 0.3 is 0 Å². The summed E-state index contributed by atoms with van der Waals surface area (Å²) in [7, 11) is 0. The maximum atomic E-state index is 12.4. The zero-order valence-corrected chi connectivity index (χ0v) is 13.1. The molecular weight excluding hydrogens is 334 g/mol. The van der Waals surface area contributed by atoms with E-state index in [1.54, 1.807) is 24.6 Å². The fraction of sp³-hybridized carbons (Fsp3) is 0.333. The minimum Gasteiger partial charge on any atom is -0.468 e. The number of carbonyl (C=O) groups is 1. The fourth-order valence-electron chi connectivity index (χ4n) is 2.42. The van der Waals surface area contributed by atoms with Gasteiger partial charge in [-0.3, -0.25) is 9.69 Å². The number of amides is 1. The Bertz CT molecular complexity index is 590. The minimum atomic E-state index is 0.0487. The summed E-state index contributed by atoms with van der Waals surface area (Å²) < 4.78 is 6.09. The Hall–Kier alpha value is -1.66. The summed E-state index contributed by atoms with van der Waals surface area (Å²) in [5.41, 5.74) is 0.637. The van der Waals surface area contributed by atoms with Crippen LogP contribution in [0.3, 0.4) is 0 Å². The molecule has 110 valence electrons. The fourth-order valence-corrected chi connectivity index (χ4v) is 2.65. The molecule has 0 spiro atoms. The van der Waals surface area contributed by atoms with Crippen molar-refractivity contribution in [3.8, 4) is 0 Å². The first-order valence-electron chi connectivity index (χ1n) is 6.88. The molecule has 0 saturated carbocycles. The van der Waals surface area contributed by atoms with Crippen LogP contribution >= 0.6 is 15.9 Å². The lowest BCUT2D eigenvalue weighted by Gasteiger charge is -2.34. The average Bonchev–Trinajstić information content (AvgIpc) is 3.01. The first-order chi connectivity index (χ1) is 10.2. The van der Waals surface area contributed by atoms with Gasteiger partial charge < -0.3 is 9.32 Å². The number of carbonyl (C=O) groups excluding carboxylic acids is 1. The molecule has 0 radical (unpaired) electrons. The summed E-state index contributed by atoms with van der Waals surface area (Å²) >= 11 is 3.28. The summed E-state index contributed by atoms with van der Waals surface area (Å²) in [5, 5.41) is 0. The highest BCUT2D eigenvalue weighted by Crippen LogP contribution is 2.13. The third kappa shape index (κ3) is 3.51. The van der Waals surface area contributed by atoms with E-state index < -0.39 is 0 Å². The minimum absolute atomic E-state index is 0.0487. The van der Waals surface area contributed by atoms with Crippen molar-refractivity contribution >= 4 is 21.8 Å². The van der Waals surface area contributed by atoms with E-state index in [1.165, 1.54) is 0 Å². The molecule has 0 bridgehead atoms. The van der Waals surface area contributed by atoms with Crippen LogP contribution in [0.4, 0.5) is 0 Å². The quantitative estimate of drug-likeness (QED) is 0.798. The number of pyridine rings is 1. The van der Waals surface area contributed by atoms with Crippen LogP contribution in [0.1, 0.15) is 16.1 Å². The van der Waals surface area contributed by atoms with E-state index in [4.69, 9.17) is 4.42 Å². The topological polar surface area (TPSA) is 49.6 Å². The average molecular weight is 350 g/mol. The van der Waals surface area contributed by atoms with Crippen LogP contribution in [0.15, 0.2) is 45.7 Å². The number of piperazine rings is 1. The summed E-state index contributed by atoms with van der Waals surface area (Å²) in [6, 6.07) is 7.47. The van der Waals surface area contributed by atoms with Gasteiger partial charge in [0, 0.05) is 32.4 Å². The van der Waals surface area contributed by atoms with Gasteiger partial charge in [0.25, 0.3) is 5.91 Å². The number of aromatic nitrogens is 1. The van der Waals surface area contributed by atoms with Gasteiger partial charge in [0.15, 0.2) is 0 Å². The molecule has 1 aliphatic rings. The molecule has 2 aromatic heterocycles. The largest absolute Gasteiger partial charge is 0.468 e. The van der Waals surface area contributed by atoms with Gasteiger partial charge in [-0.05, 0) is 40.2 Å². The maximum Gasteiger partial charge on any atom is 0.255 e. The molecule has 3 heterocycles. The van der Waals surface area contributed by atoms with Crippen LogP contribution in [-0.4, -0.2) is 46.9 Å². The second-order valence-electron chi connectivity index (χ2n) is 5.02. The normalized spacial score (nSPS) is 16.1. The van der Waals surface area contributed by atoms with Crippen molar-refractivity contribution < 1.29 is 9.21 Å². The Morgan fingerprint density at radius 3 is 2.67 bits per heavy atom. The van der Waals surface area contributed by atoms with Gasteiger partial charge in [0.05, 0.1) is 18.4 Å². The first kappa shape index (κ1) is 14.3. The third-order valence-electron chi connectivity index (χ3n) is 3.59. The smallest absolute Gasteiger partial charge is 0.255 e. The molecule has 1 amide bonds. The number of rotatable bonds is 3. The van der Waals surface area contributed by atoms with E-state index in [0.717, 1.165) is 43.1 Å². The van der Waals surface area contributed by atoms with Crippen LogP contribution in [-0.2, 0) is 6.54 Å². The van der Waals surface area contributed by atoms with Crippen molar-refractivity contribution in [2.24, 2.45) is 0 Å². The molecule has 2 aromatic rings. The maximum absolute atomic E-state index is 12.4.